The molecule has 1 aliphatic rings. The number of carbonyl (C=O) groups is 1. The van der Waals surface area contributed by atoms with Gasteiger partial charge in [0.25, 0.3) is 5.91 Å². The SMILES string of the molecule is COc1cc(OC)c2[nH]c(C(=O)N3CCN(C(C)C)CC3)cc2c1. The molecule has 2 heterocycles. The van der Waals surface area contributed by atoms with Gasteiger partial charge in [-0.15, -0.1) is 0 Å². The highest BCUT2D eigenvalue weighted by Crippen LogP contribution is 2.31. The molecule has 1 amide bonds. The number of nitrogens with zero attached hydrogens (tertiary/aromatic N) is 2. The lowest BCUT2D eigenvalue weighted by Gasteiger charge is -2.36. The number of nitrogens with one attached hydrogen (secondary N) is 1. The Balaban J connectivity index is 1.83. The summed E-state index contributed by atoms with van der Waals surface area (Å²) in [6, 6.07) is 6.11. The zero-order valence-electron chi connectivity index (χ0n) is 14.8. The summed E-state index contributed by atoms with van der Waals surface area (Å²) in [7, 11) is 3.23. The average molecular weight is 331 g/mol. The normalized spacial score (nSPS) is 16.0. The van der Waals surface area contributed by atoms with Gasteiger partial charge < -0.3 is 19.4 Å². The van der Waals surface area contributed by atoms with E-state index in [4.69, 9.17) is 9.47 Å². The molecule has 3 rings (SSSR count). The monoisotopic (exact) mass is 331 g/mol. The van der Waals surface area contributed by atoms with Crippen LogP contribution in [0.15, 0.2) is 18.2 Å². The number of aromatic nitrogens is 1. The summed E-state index contributed by atoms with van der Waals surface area (Å²) in [6.07, 6.45) is 0. The van der Waals surface area contributed by atoms with E-state index in [1.54, 1.807) is 14.2 Å². The first-order chi connectivity index (χ1) is 11.5. The Morgan fingerprint density at radius 2 is 1.79 bits per heavy atom. The second kappa shape index (κ2) is 6.73. The molecule has 1 N–H and O–H groups in total. The largest absolute Gasteiger partial charge is 0.497 e. The lowest BCUT2D eigenvalue weighted by Crippen LogP contribution is -2.50. The number of piperazine rings is 1. The van der Waals surface area contributed by atoms with Crippen molar-refractivity contribution in [3.05, 3.63) is 23.9 Å². The molecule has 0 spiro atoms. The number of rotatable bonds is 4. The molecule has 2 aromatic rings. The summed E-state index contributed by atoms with van der Waals surface area (Å²) in [5.74, 6) is 1.42. The highest BCUT2D eigenvalue weighted by atomic mass is 16.5. The number of aromatic amines is 1. The van der Waals surface area contributed by atoms with Crippen molar-refractivity contribution in [3.8, 4) is 11.5 Å². The highest BCUT2D eigenvalue weighted by molar-refractivity contribution is 6.00. The number of amides is 1. The van der Waals surface area contributed by atoms with E-state index in [-0.39, 0.29) is 5.91 Å². The first kappa shape index (κ1) is 16.6. The summed E-state index contributed by atoms with van der Waals surface area (Å²) in [5.41, 5.74) is 1.41. The molecule has 130 valence electrons. The second-order valence-corrected chi connectivity index (χ2v) is 6.40. The number of hydrogen-bond donors (Lipinski definition) is 1. The average Bonchev–Trinajstić information content (AvgIpc) is 3.04. The Hall–Kier alpha value is -2.21. The van der Waals surface area contributed by atoms with Crippen LogP contribution in [0, 0.1) is 0 Å². The van der Waals surface area contributed by atoms with Gasteiger partial charge in [-0.25, -0.2) is 0 Å². The number of H-pyrrole nitrogens is 1. The number of methoxy groups -OCH3 is 2. The minimum Gasteiger partial charge on any atom is -0.497 e. The topological polar surface area (TPSA) is 57.8 Å². The third-order valence-corrected chi connectivity index (χ3v) is 4.68. The minimum atomic E-state index is 0.0376. The fourth-order valence-electron chi connectivity index (χ4n) is 3.19. The fraction of sp³-hybridized carbons (Fsp3) is 0.500. The summed E-state index contributed by atoms with van der Waals surface area (Å²) < 4.78 is 10.7. The number of carbonyl (C=O) groups excluding carboxylic acids is 1. The van der Waals surface area contributed by atoms with E-state index in [0.29, 0.717) is 23.2 Å². The second-order valence-electron chi connectivity index (χ2n) is 6.40. The Labute approximate surface area is 142 Å². The summed E-state index contributed by atoms with van der Waals surface area (Å²) in [5, 5.41) is 0.912. The Morgan fingerprint density at radius 1 is 1.08 bits per heavy atom. The molecule has 1 aromatic carbocycles. The van der Waals surface area contributed by atoms with E-state index in [1.165, 1.54) is 0 Å². The Morgan fingerprint density at radius 3 is 2.38 bits per heavy atom. The van der Waals surface area contributed by atoms with E-state index < -0.39 is 0 Å². The minimum absolute atomic E-state index is 0.0376. The standard InChI is InChI=1S/C18H25N3O3/c1-12(2)20-5-7-21(8-6-20)18(22)15-10-13-9-14(23-3)11-16(24-4)17(13)19-15/h9-12,19H,5-8H2,1-4H3. The van der Waals surface area contributed by atoms with E-state index in [2.05, 4.69) is 23.7 Å². The maximum absolute atomic E-state index is 12.8. The van der Waals surface area contributed by atoms with Crippen LogP contribution in [0.1, 0.15) is 24.3 Å². The lowest BCUT2D eigenvalue weighted by molar-refractivity contribution is 0.0591. The molecule has 1 saturated heterocycles. The van der Waals surface area contributed by atoms with Crippen LogP contribution in [0.4, 0.5) is 0 Å². The molecule has 0 saturated carbocycles. The number of benzene rings is 1. The van der Waals surface area contributed by atoms with Gasteiger partial charge in [0, 0.05) is 43.7 Å². The molecule has 0 aliphatic carbocycles. The quantitative estimate of drug-likeness (QED) is 0.934. The van der Waals surface area contributed by atoms with Crippen molar-refractivity contribution in [2.75, 3.05) is 40.4 Å². The van der Waals surface area contributed by atoms with Crippen molar-refractivity contribution in [1.29, 1.82) is 0 Å². The van der Waals surface area contributed by atoms with Gasteiger partial charge in [0.15, 0.2) is 0 Å². The molecule has 24 heavy (non-hydrogen) atoms. The maximum Gasteiger partial charge on any atom is 0.270 e. The van der Waals surface area contributed by atoms with Crippen LogP contribution in [-0.4, -0.2) is 67.1 Å². The van der Waals surface area contributed by atoms with Crippen LogP contribution in [0.2, 0.25) is 0 Å². The van der Waals surface area contributed by atoms with Crippen molar-refractivity contribution < 1.29 is 14.3 Å². The third-order valence-electron chi connectivity index (χ3n) is 4.68. The molecule has 1 aliphatic heterocycles. The zero-order chi connectivity index (χ0) is 17.3. The number of ether oxygens (including phenoxy) is 2. The van der Waals surface area contributed by atoms with Crippen LogP contribution in [0.5, 0.6) is 11.5 Å². The summed E-state index contributed by atoms with van der Waals surface area (Å²) in [4.78, 5) is 20.3. The van der Waals surface area contributed by atoms with Crippen LogP contribution in [-0.2, 0) is 0 Å². The van der Waals surface area contributed by atoms with Crippen LogP contribution in [0.25, 0.3) is 10.9 Å². The third kappa shape index (κ3) is 3.06. The smallest absolute Gasteiger partial charge is 0.270 e. The fourth-order valence-corrected chi connectivity index (χ4v) is 3.19. The van der Waals surface area contributed by atoms with E-state index in [9.17, 15) is 4.79 Å². The van der Waals surface area contributed by atoms with Crippen molar-refractivity contribution in [3.63, 3.8) is 0 Å². The molecule has 1 aromatic heterocycles. The molecule has 0 radical (unpaired) electrons. The summed E-state index contributed by atoms with van der Waals surface area (Å²) >= 11 is 0. The van der Waals surface area contributed by atoms with Gasteiger partial charge in [-0.1, -0.05) is 0 Å². The van der Waals surface area contributed by atoms with Gasteiger partial charge in [0.1, 0.15) is 17.2 Å². The van der Waals surface area contributed by atoms with Crippen LogP contribution >= 0.6 is 0 Å². The predicted octanol–water partition coefficient (Wildman–Crippen LogP) is 2.35. The van der Waals surface area contributed by atoms with Gasteiger partial charge in [-0.3, -0.25) is 9.69 Å². The molecule has 6 heteroatoms. The molecule has 1 fully saturated rings. The van der Waals surface area contributed by atoms with E-state index >= 15 is 0 Å². The first-order valence-corrected chi connectivity index (χ1v) is 8.31. The molecular formula is C18H25N3O3. The number of fused-ring (bicyclic) bond motifs is 1. The molecule has 6 nitrogen and oxygen atoms in total. The van der Waals surface area contributed by atoms with Gasteiger partial charge >= 0.3 is 0 Å². The van der Waals surface area contributed by atoms with Crippen molar-refractivity contribution >= 4 is 16.8 Å². The molecular weight excluding hydrogens is 306 g/mol. The maximum atomic E-state index is 12.8. The van der Waals surface area contributed by atoms with Gasteiger partial charge in [-0.05, 0) is 26.0 Å². The van der Waals surface area contributed by atoms with Crippen molar-refractivity contribution in [2.24, 2.45) is 0 Å². The van der Waals surface area contributed by atoms with E-state index in [0.717, 1.165) is 37.1 Å². The number of hydrogen-bond acceptors (Lipinski definition) is 4. The molecule has 0 atom stereocenters. The Kier molecular flexibility index (Phi) is 4.66. The molecule has 0 unspecified atom stereocenters. The van der Waals surface area contributed by atoms with Crippen molar-refractivity contribution in [2.45, 2.75) is 19.9 Å². The molecule has 0 bridgehead atoms. The van der Waals surface area contributed by atoms with Gasteiger partial charge in [-0.2, -0.15) is 0 Å². The van der Waals surface area contributed by atoms with Gasteiger partial charge in [0.2, 0.25) is 0 Å². The van der Waals surface area contributed by atoms with Gasteiger partial charge in [0.05, 0.1) is 19.7 Å². The lowest BCUT2D eigenvalue weighted by atomic mass is 10.2. The predicted molar refractivity (Wildman–Crippen MR) is 94.0 cm³/mol. The highest BCUT2D eigenvalue weighted by Gasteiger charge is 2.24. The first-order valence-electron chi connectivity index (χ1n) is 8.31. The Bertz CT molecular complexity index is 730. The van der Waals surface area contributed by atoms with Crippen LogP contribution < -0.4 is 9.47 Å². The zero-order valence-corrected chi connectivity index (χ0v) is 14.8. The van der Waals surface area contributed by atoms with Crippen molar-refractivity contribution in [1.82, 2.24) is 14.8 Å². The van der Waals surface area contributed by atoms with E-state index in [1.807, 2.05) is 23.1 Å². The summed E-state index contributed by atoms with van der Waals surface area (Å²) in [6.45, 7) is 7.73. The van der Waals surface area contributed by atoms with Crippen LogP contribution in [0.3, 0.4) is 0 Å².